The highest BCUT2D eigenvalue weighted by Gasteiger charge is 2.22. The number of nitrogen functional groups attached to an aromatic ring is 1. The Kier molecular flexibility index (Phi) is 5.28. The number of hydrogen-bond donors (Lipinski definition) is 2. The highest BCUT2D eigenvalue weighted by molar-refractivity contribution is 6.04. The monoisotopic (exact) mass is 411 g/mol. The van der Waals surface area contributed by atoms with Crippen LogP contribution in [0, 0.1) is 11.6 Å². The van der Waals surface area contributed by atoms with Gasteiger partial charge in [0.1, 0.15) is 17.5 Å². The lowest BCUT2D eigenvalue weighted by Crippen LogP contribution is -2.36. The van der Waals surface area contributed by atoms with Crippen molar-refractivity contribution in [2.75, 3.05) is 36.9 Å². The minimum Gasteiger partial charge on any atom is -0.383 e. The first-order chi connectivity index (χ1) is 14.5. The number of halogens is 2. The second-order valence-electron chi connectivity index (χ2n) is 6.78. The molecule has 3 aromatic rings. The molecule has 0 spiro atoms. The SMILES string of the molecule is NC(=O)c1c(-c2ccc(N3CCOCC3)cn2)cc(-c2c(F)cccc2F)nc1N. The Balaban J connectivity index is 1.82. The number of primary amides is 1. The summed E-state index contributed by atoms with van der Waals surface area (Å²) in [5, 5.41) is 0. The lowest BCUT2D eigenvalue weighted by atomic mass is 10.00. The van der Waals surface area contributed by atoms with Crippen LogP contribution in [0.4, 0.5) is 20.3 Å². The van der Waals surface area contributed by atoms with E-state index in [-0.39, 0.29) is 28.2 Å². The Morgan fingerprint density at radius 3 is 2.37 bits per heavy atom. The van der Waals surface area contributed by atoms with Crippen LogP contribution < -0.4 is 16.4 Å². The van der Waals surface area contributed by atoms with E-state index >= 15 is 0 Å². The fourth-order valence-electron chi connectivity index (χ4n) is 3.45. The predicted molar refractivity (Wildman–Crippen MR) is 109 cm³/mol. The number of aromatic nitrogens is 2. The van der Waals surface area contributed by atoms with Gasteiger partial charge in [-0.3, -0.25) is 9.78 Å². The molecule has 0 radical (unpaired) electrons. The van der Waals surface area contributed by atoms with E-state index in [1.54, 1.807) is 12.3 Å². The molecular weight excluding hydrogens is 392 g/mol. The molecule has 9 heteroatoms. The lowest BCUT2D eigenvalue weighted by Gasteiger charge is -2.28. The van der Waals surface area contributed by atoms with Crippen molar-refractivity contribution in [1.82, 2.24) is 9.97 Å². The molecule has 0 atom stereocenters. The van der Waals surface area contributed by atoms with Crippen molar-refractivity contribution in [3.8, 4) is 22.5 Å². The van der Waals surface area contributed by atoms with Crippen LogP contribution in [-0.4, -0.2) is 42.2 Å². The number of pyridine rings is 2. The molecule has 1 aliphatic heterocycles. The summed E-state index contributed by atoms with van der Waals surface area (Å²) >= 11 is 0. The van der Waals surface area contributed by atoms with Crippen LogP contribution in [0.15, 0.2) is 42.6 Å². The number of rotatable bonds is 4. The number of benzene rings is 1. The Morgan fingerprint density at radius 1 is 1.07 bits per heavy atom. The summed E-state index contributed by atoms with van der Waals surface area (Å²) < 4.78 is 33.9. The van der Waals surface area contributed by atoms with Crippen LogP contribution in [-0.2, 0) is 4.74 Å². The van der Waals surface area contributed by atoms with E-state index in [4.69, 9.17) is 16.2 Å². The van der Waals surface area contributed by atoms with Gasteiger partial charge in [0.15, 0.2) is 0 Å². The minimum atomic E-state index is -0.811. The lowest BCUT2D eigenvalue weighted by molar-refractivity contribution is 0.100. The Morgan fingerprint density at radius 2 is 1.77 bits per heavy atom. The van der Waals surface area contributed by atoms with Gasteiger partial charge in [0.05, 0.1) is 47.6 Å². The summed E-state index contributed by atoms with van der Waals surface area (Å²) in [7, 11) is 0. The van der Waals surface area contributed by atoms with Gasteiger partial charge in [0, 0.05) is 18.7 Å². The van der Waals surface area contributed by atoms with Gasteiger partial charge >= 0.3 is 0 Å². The standard InChI is InChI=1S/C21H19F2N5O2/c22-14-2-1-3-15(23)19(14)17-10-13(18(21(25)29)20(24)27-17)16-5-4-12(11-26-16)28-6-8-30-9-7-28/h1-5,10-11H,6-9H2,(H2,24,27)(H2,25,29). The van der Waals surface area contributed by atoms with Gasteiger partial charge in [-0.25, -0.2) is 13.8 Å². The molecular formula is C21H19F2N5O2. The summed E-state index contributed by atoms with van der Waals surface area (Å²) in [5.41, 5.74) is 12.5. The number of anilines is 2. The van der Waals surface area contributed by atoms with E-state index in [0.29, 0.717) is 18.9 Å². The fraction of sp³-hybridized carbons (Fsp3) is 0.190. The maximum atomic E-state index is 14.3. The number of nitrogens with zero attached hydrogens (tertiary/aromatic N) is 3. The highest BCUT2D eigenvalue weighted by atomic mass is 19.1. The number of carbonyl (C=O) groups excluding carboxylic acids is 1. The third-order valence-electron chi connectivity index (χ3n) is 4.91. The van der Waals surface area contributed by atoms with Gasteiger partial charge in [-0.05, 0) is 30.3 Å². The van der Waals surface area contributed by atoms with Crippen molar-refractivity contribution in [2.45, 2.75) is 0 Å². The molecule has 154 valence electrons. The maximum absolute atomic E-state index is 14.3. The van der Waals surface area contributed by atoms with Gasteiger partial charge in [-0.1, -0.05) is 6.07 Å². The van der Waals surface area contributed by atoms with Gasteiger partial charge in [0.25, 0.3) is 5.91 Å². The van der Waals surface area contributed by atoms with E-state index in [0.717, 1.165) is 30.9 Å². The highest BCUT2D eigenvalue weighted by Crippen LogP contribution is 2.33. The molecule has 30 heavy (non-hydrogen) atoms. The number of hydrogen-bond acceptors (Lipinski definition) is 6. The van der Waals surface area contributed by atoms with Crippen LogP contribution in [0.1, 0.15) is 10.4 Å². The summed E-state index contributed by atoms with van der Waals surface area (Å²) in [6.45, 7) is 2.75. The molecule has 4 N–H and O–H groups in total. The normalized spacial score (nSPS) is 14.0. The van der Waals surface area contributed by atoms with Gasteiger partial charge in [-0.15, -0.1) is 0 Å². The molecule has 0 saturated carbocycles. The zero-order valence-electron chi connectivity index (χ0n) is 15.9. The molecule has 4 rings (SSSR count). The number of amides is 1. The maximum Gasteiger partial charge on any atom is 0.253 e. The largest absolute Gasteiger partial charge is 0.383 e. The van der Waals surface area contributed by atoms with Gasteiger partial charge < -0.3 is 21.1 Å². The first-order valence-electron chi connectivity index (χ1n) is 9.29. The Hall–Kier alpha value is -3.59. The first-order valence-corrected chi connectivity index (χ1v) is 9.29. The van der Waals surface area contributed by atoms with Crippen LogP contribution in [0.5, 0.6) is 0 Å². The summed E-state index contributed by atoms with van der Waals surface area (Å²) in [6.07, 6.45) is 1.66. The molecule has 1 aromatic carbocycles. The Bertz CT molecular complexity index is 1080. The fourth-order valence-corrected chi connectivity index (χ4v) is 3.45. The quantitative estimate of drug-likeness (QED) is 0.683. The average molecular weight is 411 g/mol. The summed E-state index contributed by atoms with van der Waals surface area (Å²) in [5.74, 6) is -2.63. The second-order valence-corrected chi connectivity index (χ2v) is 6.78. The van der Waals surface area contributed by atoms with Crippen molar-refractivity contribution in [2.24, 2.45) is 5.73 Å². The zero-order chi connectivity index (χ0) is 21.3. The van der Waals surface area contributed by atoms with E-state index in [2.05, 4.69) is 14.9 Å². The summed E-state index contributed by atoms with van der Waals surface area (Å²) in [4.78, 5) is 22.6. The second kappa shape index (κ2) is 8.03. The van der Waals surface area contributed by atoms with E-state index in [1.165, 1.54) is 12.1 Å². The molecule has 0 unspecified atom stereocenters. The van der Waals surface area contributed by atoms with Crippen LogP contribution in [0.2, 0.25) is 0 Å². The number of morpholine rings is 1. The molecule has 0 bridgehead atoms. The molecule has 1 saturated heterocycles. The van der Waals surface area contributed by atoms with E-state index in [1.807, 2.05) is 6.07 Å². The molecule has 1 amide bonds. The molecule has 1 aliphatic rings. The molecule has 2 aromatic heterocycles. The molecule has 0 aliphatic carbocycles. The van der Waals surface area contributed by atoms with Crippen molar-refractivity contribution in [3.63, 3.8) is 0 Å². The van der Waals surface area contributed by atoms with E-state index < -0.39 is 17.5 Å². The van der Waals surface area contributed by atoms with Crippen LogP contribution in [0.3, 0.4) is 0 Å². The number of carbonyl (C=O) groups is 1. The number of nitrogens with two attached hydrogens (primary N) is 2. The number of ether oxygens (including phenoxy) is 1. The van der Waals surface area contributed by atoms with Crippen molar-refractivity contribution >= 4 is 17.4 Å². The van der Waals surface area contributed by atoms with Gasteiger partial charge in [0.2, 0.25) is 0 Å². The van der Waals surface area contributed by atoms with Crippen molar-refractivity contribution in [3.05, 3.63) is 59.8 Å². The Labute approximate surface area is 171 Å². The minimum absolute atomic E-state index is 0.0536. The van der Waals surface area contributed by atoms with Crippen molar-refractivity contribution < 1.29 is 18.3 Å². The van der Waals surface area contributed by atoms with Gasteiger partial charge in [-0.2, -0.15) is 0 Å². The van der Waals surface area contributed by atoms with Crippen molar-refractivity contribution in [1.29, 1.82) is 0 Å². The predicted octanol–water partition coefficient (Wildman–Crippen LogP) is 2.61. The smallest absolute Gasteiger partial charge is 0.253 e. The summed E-state index contributed by atoms with van der Waals surface area (Å²) in [6, 6.07) is 8.41. The molecule has 3 heterocycles. The molecule has 7 nitrogen and oxygen atoms in total. The first kappa shape index (κ1) is 19.7. The van der Waals surface area contributed by atoms with Crippen LogP contribution >= 0.6 is 0 Å². The third-order valence-corrected chi connectivity index (χ3v) is 4.91. The third kappa shape index (κ3) is 3.67. The van der Waals surface area contributed by atoms with E-state index in [9.17, 15) is 13.6 Å². The topological polar surface area (TPSA) is 107 Å². The molecule has 1 fully saturated rings. The van der Waals surface area contributed by atoms with Crippen LogP contribution in [0.25, 0.3) is 22.5 Å². The average Bonchev–Trinajstić information content (AvgIpc) is 2.74. The zero-order valence-corrected chi connectivity index (χ0v) is 15.9.